The monoisotopic (exact) mass is 300 g/mol. The Morgan fingerprint density at radius 1 is 1.18 bits per heavy atom. The van der Waals surface area contributed by atoms with Crippen molar-refractivity contribution in [3.63, 3.8) is 0 Å². The van der Waals surface area contributed by atoms with E-state index in [1.165, 1.54) is 36.7 Å². The summed E-state index contributed by atoms with van der Waals surface area (Å²) < 4.78 is 15.5. The van der Waals surface area contributed by atoms with Crippen molar-refractivity contribution in [1.29, 1.82) is 0 Å². The number of hydrogen-bond acceptors (Lipinski definition) is 3. The van der Waals surface area contributed by atoms with Gasteiger partial charge in [-0.2, -0.15) is 5.10 Å². The van der Waals surface area contributed by atoms with E-state index in [-0.39, 0.29) is 5.82 Å². The van der Waals surface area contributed by atoms with Gasteiger partial charge in [0, 0.05) is 32.1 Å². The summed E-state index contributed by atoms with van der Waals surface area (Å²) in [7, 11) is 0. The van der Waals surface area contributed by atoms with Crippen molar-refractivity contribution in [2.45, 2.75) is 25.2 Å². The average molecular weight is 300 g/mol. The second-order valence-electron chi connectivity index (χ2n) is 6.17. The second kappa shape index (κ2) is 5.72. The maximum Gasteiger partial charge on any atom is 0.125 e. The lowest BCUT2D eigenvalue weighted by Gasteiger charge is -2.33. The van der Waals surface area contributed by atoms with E-state index in [1.54, 1.807) is 12.1 Å². The zero-order valence-electron chi connectivity index (χ0n) is 12.6. The van der Waals surface area contributed by atoms with Crippen molar-refractivity contribution in [2.24, 2.45) is 0 Å². The number of aromatic nitrogens is 2. The molecule has 0 amide bonds. The first-order valence-electron chi connectivity index (χ1n) is 8.12. The van der Waals surface area contributed by atoms with Crippen LogP contribution < -0.4 is 10.2 Å². The minimum absolute atomic E-state index is 0.212. The van der Waals surface area contributed by atoms with Crippen molar-refractivity contribution >= 4 is 5.69 Å². The molecular formula is C17H21FN4. The zero-order chi connectivity index (χ0) is 14.9. The van der Waals surface area contributed by atoms with E-state index in [4.69, 9.17) is 0 Å². The fourth-order valence-corrected chi connectivity index (χ4v) is 3.38. The van der Waals surface area contributed by atoms with Crippen LogP contribution in [0.1, 0.15) is 30.9 Å². The lowest BCUT2D eigenvalue weighted by atomic mass is 9.82. The van der Waals surface area contributed by atoms with Crippen LogP contribution in [0.25, 0.3) is 5.69 Å². The number of halogens is 1. The number of nitrogens with zero attached hydrogens (tertiary/aromatic N) is 3. The maximum absolute atomic E-state index is 13.6. The van der Waals surface area contributed by atoms with Crippen molar-refractivity contribution in [3.05, 3.63) is 42.0 Å². The van der Waals surface area contributed by atoms with E-state index in [1.807, 2.05) is 16.9 Å². The molecular weight excluding hydrogens is 279 g/mol. The second-order valence-corrected chi connectivity index (χ2v) is 6.17. The standard InChI is InChI=1S/C17H21FN4/c18-14-5-2-6-15(11-14)22-17(13-3-1-4-13)16(12-20-22)21-9-7-19-8-10-21/h2,5-6,11-13,19H,1,3-4,7-10H2. The van der Waals surface area contributed by atoms with Gasteiger partial charge in [-0.25, -0.2) is 9.07 Å². The van der Waals surface area contributed by atoms with Crippen LogP contribution in [0.4, 0.5) is 10.1 Å². The Balaban J connectivity index is 1.76. The maximum atomic E-state index is 13.6. The number of nitrogens with one attached hydrogen (secondary N) is 1. The van der Waals surface area contributed by atoms with Crippen LogP contribution in [0.3, 0.4) is 0 Å². The highest BCUT2D eigenvalue weighted by molar-refractivity contribution is 5.55. The highest BCUT2D eigenvalue weighted by Crippen LogP contribution is 2.42. The van der Waals surface area contributed by atoms with E-state index >= 15 is 0 Å². The van der Waals surface area contributed by atoms with Gasteiger partial charge in [0.15, 0.2) is 0 Å². The molecule has 5 heteroatoms. The average Bonchev–Trinajstić information content (AvgIpc) is 2.91. The molecule has 116 valence electrons. The predicted molar refractivity (Wildman–Crippen MR) is 85.2 cm³/mol. The topological polar surface area (TPSA) is 33.1 Å². The Morgan fingerprint density at radius 3 is 2.68 bits per heavy atom. The van der Waals surface area contributed by atoms with Crippen LogP contribution in [-0.4, -0.2) is 36.0 Å². The van der Waals surface area contributed by atoms with Gasteiger partial charge in [0.1, 0.15) is 5.82 Å². The number of hydrogen-bond donors (Lipinski definition) is 1. The van der Waals surface area contributed by atoms with Crippen LogP contribution in [0.5, 0.6) is 0 Å². The highest BCUT2D eigenvalue weighted by Gasteiger charge is 2.29. The van der Waals surface area contributed by atoms with Crippen LogP contribution in [0.15, 0.2) is 30.5 Å². The normalized spacial score (nSPS) is 19.2. The van der Waals surface area contributed by atoms with Gasteiger partial charge in [0.2, 0.25) is 0 Å². The predicted octanol–water partition coefficient (Wildman–Crippen LogP) is 2.69. The summed E-state index contributed by atoms with van der Waals surface area (Å²) in [5.41, 5.74) is 3.32. The molecule has 2 aromatic rings. The smallest absolute Gasteiger partial charge is 0.125 e. The Bertz CT molecular complexity index is 656. The van der Waals surface area contributed by atoms with Gasteiger partial charge < -0.3 is 10.2 Å². The lowest BCUT2D eigenvalue weighted by molar-refractivity contribution is 0.402. The fraction of sp³-hybridized carbons (Fsp3) is 0.471. The molecule has 4 nitrogen and oxygen atoms in total. The van der Waals surface area contributed by atoms with Gasteiger partial charge in [-0.3, -0.25) is 0 Å². The molecule has 0 radical (unpaired) electrons. The Hall–Kier alpha value is -1.88. The molecule has 2 aliphatic rings. The van der Waals surface area contributed by atoms with Gasteiger partial charge in [0.25, 0.3) is 0 Å². The molecule has 0 bridgehead atoms. The van der Waals surface area contributed by atoms with Crippen molar-refractivity contribution in [1.82, 2.24) is 15.1 Å². The molecule has 0 atom stereocenters. The first-order chi connectivity index (χ1) is 10.8. The summed E-state index contributed by atoms with van der Waals surface area (Å²) in [6, 6.07) is 6.73. The number of rotatable bonds is 3. The fourth-order valence-electron chi connectivity index (χ4n) is 3.38. The zero-order valence-corrected chi connectivity index (χ0v) is 12.6. The molecule has 1 aliphatic carbocycles. The molecule has 1 aromatic heterocycles. The number of anilines is 1. The van der Waals surface area contributed by atoms with E-state index in [0.29, 0.717) is 5.92 Å². The number of piperazine rings is 1. The molecule has 0 unspecified atom stereocenters. The van der Waals surface area contributed by atoms with Crippen LogP contribution in [0, 0.1) is 5.82 Å². The minimum Gasteiger partial charge on any atom is -0.366 e. The van der Waals surface area contributed by atoms with Crippen molar-refractivity contribution in [3.8, 4) is 5.69 Å². The summed E-state index contributed by atoms with van der Waals surface area (Å²) in [6.07, 6.45) is 5.66. The third-order valence-electron chi connectivity index (χ3n) is 4.79. The van der Waals surface area contributed by atoms with Gasteiger partial charge >= 0.3 is 0 Å². The largest absolute Gasteiger partial charge is 0.366 e. The quantitative estimate of drug-likeness (QED) is 0.946. The summed E-state index contributed by atoms with van der Waals surface area (Å²) in [5, 5.41) is 7.98. The molecule has 1 saturated heterocycles. The van der Waals surface area contributed by atoms with Gasteiger partial charge in [-0.05, 0) is 31.0 Å². The molecule has 1 aliphatic heterocycles. The molecule has 0 spiro atoms. The summed E-state index contributed by atoms with van der Waals surface area (Å²) in [6.45, 7) is 4.04. The lowest BCUT2D eigenvalue weighted by Crippen LogP contribution is -2.44. The first-order valence-corrected chi connectivity index (χ1v) is 8.12. The summed E-state index contributed by atoms with van der Waals surface area (Å²) in [5.74, 6) is 0.340. The minimum atomic E-state index is -0.212. The molecule has 2 heterocycles. The van der Waals surface area contributed by atoms with E-state index in [9.17, 15) is 4.39 Å². The third kappa shape index (κ3) is 2.39. The first kappa shape index (κ1) is 13.8. The van der Waals surface area contributed by atoms with E-state index in [0.717, 1.165) is 31.9 Å². The van der Waals surface area contributed by atoms with Gasteiger partial charge in [-0.1, -0.05) is 12.5 Å². The third-order valence-corrected chi connectivity index (χ3v) is 4.79. The van der Waals surface area contributed by atoms with Crippen LogP contribution >= 0.6 is 0 Å². The molecule has 1 saturated carbocycles. The Kier molecular flexibility index (Phi) is 3.58. The van der Waals surface area contributed by atoms with Crippen LogP contribution in [-0.2, 0) is 0 Å². The Morgan fingerprint density at radius 2 is 2.00 bits per heavy atom. The SMILES string of the molecule is Fc1cccc(-n2ncc(N3CCNCC3)c2C2CCC2)c1. The molecule has 22 heavy (non-hydrogen) atoms. The van der Waals surface area contributed by atoms with E-state index < -0.39 is 0 Å². The van der Waals surface area contributed by atoms with E-state index in [2.05, 4.69) is 15.3 Å². The van der Waals surface area contributed by atoms with Gasteiger partial charge in [0.05, 0.1) is 23.3 Å². The summed E-state index contributed by atoms with van der Waals surface area (Å²) >= 11 is 0. The van der Waals surface area contributed by atoms with Crippen molar-refractivity contribution in [2.75, 3.05) is 31.1 Å². The number of benzene rings is 1. The van der Waals surface area contributed by atoms with Crippen LogP contribution in [0.2, 0.25) is 0 Å². The van der Waals surface area contributed by atoms with Gasteiger partial charge in [-0.15, -0.1) is 0 Å². The molecule has 2 fully saturated rings. The molecule has 1 aromatic carbocycles. The molecule has 4 rings (SSSR count). The summed E-state index contributed by atoms with van der Waals surface area (Å²) in [4.78, 5) is 2.41. The Labute approximate surface area is 129 Å². The van der Waals surface area contributed by atoms with Crippen molar-refractivity contribution < 1.29 is 4.39 Å². The highest BCUT2D eigenvalue weighted by atomic mass is 19.1. The molecule has 1 N–H and O–H groups in total.